The van der Waals surface area contributed by atoms with Crippen LogP contribution >= 0.6 is 0 Å². The zero-order valence-electron chi connectivity index (χ0n) is 16.0. The summed E-state index contributed by atoms with van der Waals surface area (Å²) in [5, 5.41) is 6.65. The molecule has 1 fully saturated rings. The maximum Gasteiger partial charge on any atom is 0.325 e. The highest BCUT2D eigenvalue weighted by Crippen LogP contribution is 2.31. The van der Waals surface area contributed by atoms with Gasteiger partial charge in [0.25, 0.3) is 0 Å². The molecule has 1 saturated heterocycles. The van der Waals surface area contributed by atoms with Crippen LogP contribution in [0.1, 0.15) is 38.1 Å². The van der Waals surface area contributed by atoms with Gasteiger partial charge >= 0.3 is 12.0 Å². The molecular weight excluding hydrogens is 364 g/mol. The fourth-order valence-corrected chi connectivity index (χ4v) is 3.12. The largest absolute Gasteiger partial charge is 0.497 e. The van der Waals surface area contributed by atoms with Gasteiger partial charge in [0.15, 0.2) is 0 Å². The highest BCUT2D eigenvalue weighted by molar-refractivity contribution is 5.81. The van der Waals surface area contributed by atoms with Gasteiger partial charge in [0.05, 0.1) is 13.7 Å². The van der Waals surface area contributed by atoms with Crippen molar-refractivity contribution in [3.63, 3.8) is 0 Å². The third kappa shape index (κ3) is 4.59. The van der Waals surface area contributed by atoms with E-state index in [0.29, 0.717) is 18.3 Å². The molecular formula is C19H24N4O5. The Kier molecular flexibility index (Phi) is 6.46. The van der Waals surface area contributed by atoms with Gasteiger partial charge in [-0.2, -0.15) is 4.98 Å². The second-order valence-corrected chi connectivity index (χ2v) is 6.35. The normalized spacial score (nSPS) is 16.5. The fraction of sp³-hybridized carbons (Fsp3) is 0.474. The molecule has 0 radical (unpaired) electrons. The lowest BCUT2D eigenvalue weighted by Crippen LogP contribution is -2.46. The van der Waals surface area contributed by atoms with Gasteiger partial charge in [0.2, 0.25) is 11.7 Å². The molecule has 9 nitrogen and oxygen atoms in total. The molecule has 0 aliphatic carbocycles. The summed E-state index contributed by atoms with van der Waals surface area (Å²) in [7, 11) is 1.60. The van der Waals surface area contributed by atoms with E-state index in [2.05, 4.69) is 15.5 Å². The van der Waals surface area contributed by atoms with E-state index in [-0.39, 0.29) is 25.2 Å². The first kappa shape index (κ1) is 19.7. The Hall–Kier alpha value is -3.10. The van der Waals surface area contributed by atoms with Crippen molar-refractivity contribution in [3.8, 4) is 17.1 Å². The molecule has 0 bridgehead atoms. The number of benzene rings is 1. The molecule has 1 atom stereocenters. The average molecular weight is 388 g/mol. The Morgan fingerprint density at radius 2 is 2.07 bits per heavy atom. The predicted octanol–water partition coefficient (Wildman–Crippen LogP) is 2.54. The SMILES string of the molecule is CCOC(=O)CNC(=O)N1CCCCC1c1nc(-c2ccc(OC)cc2)no1. The number of carbonyl (C=O) groups excluding carboxylic acids is 2. The first-order valence-electron chi connectivity index (χ1n) is 9.30. The molecule has 28 heavy (non-hydrogen) atoms. The minimum absolute atomic E-state index is 0.170. The summed E-state index contributed by atoms with van der Waals surface area (Å²) < 4.78 is 15.4. The maximum atomic E-state index is 12.5. The standard InChI is InChI=1S/C19H24N4O5/c1-3-27-16(24)12-20-19(25)23-11-5-4-6-15(23)18-21-17(22-28-18)13-7-9-14(26-2)10-8-13/h7-10,15H,3-6,11-12H2,1-2H3,(H,20,25). The first-order valence-corrected chi connectivity index (χ1v) is 9.30. The van der Waals surface area contributed by atoms with Crippen LogP contribution in [-0.4, -0.2) is 53.8 Å². The van der Waals surface area contributed by atoms with Gasteiger partial charge in [-0.25, -0.2) is 4.79 Å². The minimum atomic E-state index is -0.469. The highest BCUT2D eigenvalue weighted by Gasteiger charge is 2.32. The summed E-state index contributed by atoms with van der Waals surface area (Å²) in [5.41, 5.74) is 0.796. The number of amides is 2. The second-order valence-electron chi connectivity index (χ2n) is 6.35. The average Bonchev–Trinajstić information content (AvgIpc) is 3.22. The van der Waals surface area contributed by atoms with Crippen LogP contribution in [0.4, 0.5) is 4.79 Å². The van der Waals surface area contributed by atoms with Crippen molar-refractivity contribution in [3.05, 3.63) is 30.2 Å². The van der Waals surface area contributed by atoms with Crippen LogP contribution in [0.2, 0.25) is 0 Å². The van der Waals surface area contributed by atoms with E-state index in [1.165, 1.54) is 0 Å². The zero-order chi connectivity index (χ0) is 19.9. The van der Waals surface area contributed by atoms with Crippen molar-refractivity contribution >= 4 is 12.0 Å². The Labute approximate surface area is 163 Å². The van der Waals surface area contributed by atoms with E-state index in [9.17, 15) is 9.59 Å². The molecule has 1 unspecified atom stereocenters. The molecule has 2 aromatic rings. The van der Waals surface area contributed by atoms with E-state index < -0.39 is 5.97 Å². The van der Waals surface area contributed by atoms with Gasteiger partial charge in [-0.1, -0.05) is 5.16 Å². The summed E-state index contributed by atoms with van der Waals surface area (Å²) >= 11 is 0. The lowest BCUT2D eigenvalue weighted by molar-refractivity contribution is -0.141. The molecule has 1 aliphatic rings. The van der Waals surface area contributed by atoms with Crippen LogP contribution < -0.4 is 10.1 Å². The van der Waals surface area contributed by atoms with Gasteiger partial charge in [-0.3, -0.25) is 4.79 Å². The molecule has 1 aromatic heterocycles. The second kappa shape index (κ2) is 9.20. The molecule has 150 valence electrons. The number of likely N-dealkylation sites (tertiary alicyclic amines) is 1. The number of piperidine rings is 1. The molecule has 2 heterocycles. The summed E-state index contributed by atoms with van der Waals surface area (Å²) in [6, 6.07) is 6.66. The van der Waals surface area contributed by atoms with Crippen LogP contribution in [0.5, 0.6) is 5.75 Å². The topological polar surface area (TPSA) is 107 Å². The number of urea groups is 1. The Bertz CT molecular complexity index is 805. The number of hydrogen-bond donors (Lipinski definition) is 1. The molecule has 0 saturated carbocycles. The molecule has 1 N–H and O–H groups in total. The fourth-order valence-electron chi connectivity index (χ4n) is 3.12. The van der Waals surface area contributed by atoms with Crippen LogP contribution in [0.3, 0.4) is 0 Å². The van der Waals surface area contributed by atoms with Crippen LogP contribution in [0.25, 0.3) is 11.4 Å². The third-order valence-corrected chi connectivity index (χ3v) is 4.53. The number of carbonyl (C=O) groups is 2. The van der Waals surface area contributed by atoms with Crippen molar-refractivity contribution in [1.29, 1.82) is 0 Å². The Morgan fingerprint density at radius 1 is 1.29 bits per heavy atom. The number of methoxy groups -OCH3 is 1. The molecule has 1 aliphatic heterocycles. The van der Waals surface area contributed by atoms with E-state index in [1.54, 1.807) is 18.9 Å². The van der Waals surface area contributed by atoms with Gasteiger partial charge in [-0.15, -0.1) is 0 Å². The Balaban J connectivity index is 1.70. The number of nitrogens with zero attached hydrogens (tertiary/aromatic N) is 3. The lowest BCUT2D eigenvalue weighted by Gasteiger charge is -2.33. The molecule has 3 rings (SSSR count). The van der Waals surface area contributed by atoms with E-state index in [1.807, 2.05) is 24.3 Å². The zero-order valence-corrected chi connectivity index (χ0v) is 16.0. The van der Waals surface area contributed by atoms with E-state index >= 15 is 0 Å². The van der Waals surface area contributed by atoms with Gasteiger partial charge in [-0.05, 0) is 50.5 Å². The number of ether oxygens (including phenoxy) is 2. The maximum absolute atomic E-state index is 12.5. The summed E-state index contributed by atoms with van der Waals surface area (Å²) in [4.78, 5) is 30.1. The summed E-state index contributed by atoms with van der Waals surface area (Å²) in [6.07, 6.45) is 2.55. The summed E-state index contributed by atoms with van der Waals surface area (Å²) in [5.74, 6) is 1.11. The van der Waals surface area contributed by atoms with Gasteiger partial charge in [0.1, 0.15) is 18.3 Å². The number of rotatable bonds is 6. The van der Waals surface area contributed by atoms with Gasteiger partial charge in [0, 0.05) is 12.1 Å². The molecule has 9 heteroatoms. The number of hydrogen-bond acceptors (Lipinski definition) is 7. The van der Waals surface area contributed by atoms with Crippen LogP contribution in [-0.2, 0) is 9.53 Å². The number of esters is 1. The van der Waals surface area contributed by atoms with E-state index in [0.717, 1.165) is 30.6 Å². The molecule has 2 amide bonds. The smallest absolute Gasteiger partial charge is 0.325 e. The number of nitrogens with one attached hydrogen (secondary N) is 1. The molecule has 1 aromatic carbocycles. The molecule has 0 spiro atoms. The number of aromatic nitrogens is 2. The lowest BCUT2D eigenvalue weighted by atomic mass is 10.0. The minimum Gasteiger partial charge on any atom is -0.497 e. The van der Waals surface area contributed by atoms with Crippen molar-refractivity contribution in [2.24, 2.45) is 0 Å². The Morgan fingerprint density at radius 3 is 2.79 bits per heavy atom. The van der Waals surface area contributed by atoms with E-state index in [4.69, 9.17) is 14.0 Å². The summed E-state index contributed by atoms with van der Waals surface area (Å²) in [6.45, 7) is 2.38. The van der Waals surface area contributed by atoms with Crippen molar-refractivity contribution in [2.75, 3.05) is 26.8 Å². The van der Waals surface area contributed by atoms with Crippen molar-refractivity contribution in [1.82, 2.24) is 20.4 Å². The quantitative estimate of drug-likeness (QED) is 0.758. The third-order valence-electron chi connectivity index (χ3n) is 4.53. The van der Waals surface area contributed by atoms with Crippen molar-refractivity contribution in [2.45, 2.75) is 32.2 Å². The highest BCUT2D eigenvalue weighted by atomic mass is 16.5. The van der Waals surface area contributed by atoms with Gasteiger partial charge < -0.3 is 24.2 Å². The monoisotopic (exact) mass is 388 g/mol. The van der Waals surface area contributed by atoms with Crippen molar-refractivity contribution < 1.29 is 23.6 Å². The van der Waals surface area contributed by atoms with Crippen LogP contribution in [0.15, 0.2) is 28.8 Å². The first-order chi connectivity index (χ1) is 13.6. The predicted molar refractivity (Wildman–Crippen MR) is 99.6 cm³/mol. The van der Waals surface area contributed by atoms with Crippen LogP contribution in [0, 0.1) is 0 Å².